The van der Waals surface area contributed by atoms with Crippen LogP contribution in [0.25, 0.3) is 10.4 Å². The molecule has 0 saturated carbocycles. The third kappa shape index (κ3) is 3.95. The van der Waals surface area contributed by atoms with Gasteiger partial charge >= 0.3 is 7.82 Å². The molecular formula is C12H10N3O4P. The summed E-state index contributed by atoms with van der Waals surface area (Å²) in [5.74, 6) is 0.528. The molecule has 2 rings (SSSR count). The topological polar surface area (TPSA) is 93.5 Å². The van der Waals surface area contributed by atoms with Crippen LogP contribution in [0.2, 0.25) is 0 Å². The number of phosphoric ester groups is 1. The minimum absolute atomic E-state index is 0.264. The molecule has 0 radical (unpaired) electrons. The number of nitrogens with zero attached hydrogens (tertiary/aromatic N) is 3. The van der Waals surface area contributed by atoms with Gasteiger partial charge in [0.15, 0.2) is 0 Å². The van der Waals surface area contributed by atoms with Gasteiger partial charge in [0, 0.05) is 4.91 Å². The lowest BCUT2D eigenvalue weighted by Crippen LogP contribution is -2.02. The molecule has 0 saturated heterocycles. The molecule has 0 aromatic heterocycles. The highest BCUT2D eigenvalue weighted by atomic mass is 31.2. The number of rotatable bonds is 6. The van der Waals surface area contributed by atoms with E-state index in [0.29, 0.717) is 0 Å². The van der Waals surface area contributed by atoms with E-state index in [4.69, 9.17) is 14.6 Å². The van der Waals surface area contributed by atoms with Crippen molar-refractivity contribution in [3.63, 3.8) is 0 Å². The first kappa shape index (κ1) is 13.8. The molecule has 0 amide bonds. The summed E-state index contributed by atoms with van der Waals surface area (Å²) in [5.41, 5.74) is 8.26. The molecule has 102 valence electrons. The van der Waals surface area contributed by atoms with Gasteiger partial charge in [-0.2, -0.15) is 4.57 Å². The Morgan fingerprint density at radius 2 is 1.35 bits per heavy atom. The SMILES string of the molecule is [N-]=[N+]=NOP(=O)(Oc1ccccc1)Oc1ccccc1. The average Bonchev–Trinajstić information content (AvgIpc) is 2.47. The molecule has 0 heterocycles. The van der Waals surface area contributed by atoms with Gasteiger partial charge in [0.1, 0.15) is 16.8 Å². The fraction of sp³-hybridized carbons (Fsp3) is 0. The number of phosphoric acid groups is 1. The Labute approximate surface area is 114 Å². The van der Waals surface area contributed by atoms with Crippen LogP contribution in [0.5, 0.6) is 11.5 Å². The van der Waals surface area contributed by atoms with Gasteiger partial charge in [-0.3, -0.25) is 0 Å². The Bertz CT molecular complexity index is 599. The van der Waals surface area contributed by atoms with E-state index in [2.05, 4.69) is 14.8 Å². The van der Waals surface area contributed by atoms with Crippen molar-refractivity contribution < 1.29 is 18.2 Å². The van der Waals surface area contributed by atoms with Crippen molar-refractivity contribution in [1.29, 1.82) is 0 Å². The fourth-order valence-electron chi connectivity index (χ4n) is 1.33. The first-order valence-electron chi connectivity index (χ1n) is 5.54. The number of azide groups is 1. The molecule has 0 N–H and O–H groups in total. The maximum atomic E-state index is 12.4. The summed E-state index contributed by atoms with van der Waals surface area (Å²) >= 11 is 0. The molecule has 0 bridgehead atoms. The maximum Gasteiger partial charge on any atom is 0.653 e. The van der Waals surface area contributed by atoms with Crippen molar-refractivity contribution in [3.8, 4) is 11.5 Å². The summed E-state index contributed by atoms with van der Waals surface area (Å²) in [5, 5.41) is 2.80. The van der Waals surface area contributed by atoms with Gasteiger partial charge in [0.25, 0.3) is 0 Å². The van der Waals surface area contributed by atoms with Gasteiger partial charge in [-0.1, -0.05) is 36.4 Å². The van der Waals surface area contributed by atoms with E-state index in [1.54, 1.807) is 60.7 Å². The average molecular weight is 291 g/mol. The van der Waals surface area contributed by atoms with Gasteiger partial charge in [0.2, 0.25) is 0 Å². The van der Waals surface area contributed by atoms with Crippen molar-refractivity contribution in [2.24, 2.45) is 5.28 Å². The number of hydrogen-bond donors (Lipinski definition) is 0. The predicted octanol–water partition coefficient (Wildman–Crippen LogP) is 4.49. The van der Waals surface area contributed by atoms with Crippen LogP contribution < -0.4 is 9.05 Å². The van der Waals surface area contributed by atoms with Crippen LogP contribution in [0.4, 0.5) is 0 Å². The number of hydrogen-bond acceptors (Lipinski definition) is 5. The Hall–Kier alpha value is -2.62. The van der Waals surface area contributed by atoms with Crippen molar-refractivity contribution in [3.05, 3.63) is 71.1 Å². The van der Waals surface area contributed by atoms with Crippen molar-refractivity contribution in [2.45, 2.75) is 0 Å². The summed E-state index contributed by atoms with van der Waals surface area (Å²) in [7, 11) is -4.10. The Morgan fingerprint density at radius 3 is 1.75 bits per heavy atom. The third-order valence-corrected chi connectivity index (χ3v) is 3.24. The van der Waals surface area contributed by atoms with E-state index >= 15 is 0 Å². The lowest BCUT2D eigenvalue weighted by atomic mass is 10.3. The van der Waals surface area contributed by atoms with Crippen molar-refractivity contribution in [1.82, 2.24) is 0 Å². The quantitative estimate of drug-likeness (QED) is 0.257. The highest BCUT2D eigenvalue weighted by molar-refractivity contribution is 7.49. The Balaban J connectivity index is 2.21. The second kappa shape index (κ2) is 6.52. The summed E-state index contributed by atoms with van der Waals surface area (Å²) in [4.78, 5) is 2.37. The van der Waals surface area contributed by atoms with E-state index < -0.39 is 7.82 Å². The predicted molar refractivity (Wildman–Crippen MR) is 72.0 cm³/mol. The highest BCUT2D eigenvalue weighted by Gasteiger charge is 2.32. The van der Waals surface area contributed by atoms with Crippen molar-refractivity contribution >= 4 is 7.82 Å². The molecular weight excluding hydrogens is 281 g/mol. The zero-order valence-electron chi connectivity index (χ0n) is 10.2. The van der Waals surface area contributed by atoms with Crippen LogP contribution in [0, 0.1) is 0 Å². The standard InChI is InChI=1S/C12H10N3O4P/c13-14-15-19-20(16,17-11-7-3-1-4-8-11)18-12-9-5-2-6-10-12/h1-10H. The third-order valence-electron chi connectivity index (χ3n) is 2.09. The van der Waals surface area contributed by atoms with Crippen LogP contribution in [0.15, 0.2) is 65.9 Å². The molecule has 8 heteroatoms. The lowest BCUT2D eigenvalue weighted by Gasteiger charge is -2.16. The summed E-state index contributed by atoms with van der Waals surface area (Å²) < 4.78 is 27.2. The van der Waals surface area contributed by atoms with Gasteiger partial charge in [-0.05, 0) is 29.8 Å². The molecule has 2 aromatic carbocycles. The van der Waals surface area contributed by atoms with E-state index in [0.717, 1.165) is 0 Å². The molecule has 2 aromatic rings. The van der Waals surface area contributed by atoms with Gasteiger partial charge < -0.3 is 13.7 Å². The molecule has 0 aliphatic carbocycles. The minimum atomic E-state index is -4.10. The molecule has 0 fully saturated rings. The van der Waals surface area contributed by atoms with Crippen molar-refractivity contribution in [2.75, 3.05) is 0 Å². The molecule has 20 heavy (non-hydrogen) atoms. The lowest BCUT2D eigenvalue weighted by molar-refractivity contribution is 0.214. The summed E-state index contributed by atoms with van der Waals surface area (Å²) in [6.07, 6.45) is 0. The minimum Gasteiger partial charge on any atom is -0.386 e. The van der Waals surface area contributed by atoms with E-state index in [9.17, 15) is 4.57 Å². The van der Waals surface area contributed by atoms with Crippen LogP contribution in [-0.2, 0) is 9.19 Å². The number of benzene rings is 2. The highest BCUT2D eigenvalue weighted by Crippen LogP contribution is 2.49. The number of para-hydroxylation sites is 2. The molecule has 0 spiro atoms. The Kier molecular flexibility index (Phi) is 4.50. The van der Waals surface area contributed by atoms with Crippen LogP contribution >= 0.6 is 7.82 Å². The van der Waals surface area contributed by atoms with Crippen LogP contribution in [0.3, 0.4) is 0 Å². The Morgan fingerprint density at radius 1 is 0.900 bits per heavy atom. The zero-order valence-corrected chi connectivity index (χ0v) is 11.1. The van der Waals surface area contributed by atoms with Gasteiger partial charge in [-0.15, -0.1) is 0 Å². The molecule has 0 unspecified atom stereocenters. The van der Waals surface area contributed by atoms with E-state index in [1.807, 2.05) is 0 Å². The molecule has 7 nitrogen and oxygen atoms in total. The zero-order chi connectivity index (χ0) is 14.3. The first-order chi connectivity index (χ1) is 9.72. The second-order valence-electron chi connectivity index (χ2n) is 3.51. The smallest absolute Gasteiger partial charge is 0.386 e. The molecule has 0 aliphatic heterocycles. The van der Waals surface area contributed by atoms with Crippen LogP contribution in [-0.4, -0.2) is 0 Å². The molecule has 0 atom stereocenters. The monoisotopic (exact) mass is 291 g/mol. The van der Waals surface area contributed by atoms with E-state index in [1.165, 1.54) is 0 Å². The largest absolute Gasteiger partial charge is 0.653 e. The maximum absolute atomic E-state index is 12.4. The fourth-order valence-corrected chi connectivity index (χ4v) is 2.32. The summed E-state index contributed by atoms with van der Waals surface area (Å²) in [6.45, 7) is 0. The normalized spacial score (nSPS) is 10.2. The second-order valence-corrected chi connectivity index (χ2v) is 4.93. The van der Waals surface area contributed by atoms with Gasteiger partial charge in [-0.25, -0.2) is 0 Å². The van der Waals surface area contributed by atoms with Crippen LogP contribution in [0.1, 0.15) is 0 Å². The van der Waals surface area contributed by atoms with E-state index in [-0.39, 0.29) is 11.5 Å². The van der Waals surface area contributed by atoms with Gasteiger partial charge in [0.05, 0.1) is 0 Å². The summed E-state index contributed by atoms with van der Waals surface area (Å²) in [6, 6.07) is 16.6. The molecule has 0 aliphatic rings. The first-order valence-corrected chi connectivity index (χ1v) is 7.00.